The fraction of sp³-hybridized carbons (Fsp3) is 0.818. The average Bonchev–Trinajstić information content (AvgIpc) is 2.88. The molecule has 1 fully saturated rings. The lowest BCUT2D eigenvalue weighted by Crippen LogP contribution is -2.45. The molecule has 1 aliphatic rings. The highest BCUT2D eigenvalue weighted by atomic mass is 32.2. The van der Waals surface area contributed by atoms with Crippen LogP contribution in [0, 0.1) is 5.92 Å². The third-order valence-corrected chi connectivity index (χ3v) is 4.86. The fourth-order valence-electron chi connectivity index (χ4n) is 2.25. The number of rotatable bonds is 6. The quantitative estimate of drug-likeness (QED) is 0.760. The maximum Gasteiger partial charge on any atom is 0.279 e. The molecule has 108 valence electrons. The first-order valence-corrected chi connectivity index (χ1v) is 8.09. The van der Waals surface area contributed by atoms with Crippen molar-refractivity contribution >= 4 is 10.2 Å². The third-order valence-electron chi connectivity index (χ3n) is 3.27. The Bertz CT molecular complexity index is 473. The van der Waals surface area contributed by atoms with Crippen molar-refractivity contribution in [3.05, 3.63) is 12.7 Å². The van der Waals surface area contributed by atoms with Crippen LogP contribution in [-0.4, -0.2) is 47.1 Å². The molecule has 0 saturated carbocycles. The van der Waals surface area contributed by atoms with Crippen molar-refractivity contribution in [2.75, 3.05) is 19.6 Å². The molecule has 0 aliphatic carbocycles. The molecule has 1 N–H and O–H groups in total. The van der Waals surface area contributed by atoms with E-state index in [0.717, 1.165) is 12.8 Å². The van der Waals surface area contributed by atoms with E-state index in [1.807, 2.05) is 0 Å². The van der Waals surface area contributed by atoms with E-state index in [0.29, 0.717) is 38.5 Å². The van der Waals surface area contributed by atoms with Gasteiger partial charge in [0.1, 0.15) is 12.7 Å². The summed E-state index contributed by atoms with van der Waals surface area (Å²) in [5, 5.41) is 3.97. The molecule has 1 atom stereocenters. The van der Waals surface area contributed by atoms with Crippen LogP contribution in [-0.2, 0) is 16.8 Å². The van der Waals surface area contributed by atoms with Gasteiger partial charge in [-0.1, -0.05) is 6.92 Å². The van der Waals surface area contributed by atoms with Crippen LogP contribution in [0.1, 0.15) is 26.2 Å². The zero-order chi connectivity index (χ0) is 13.7. The molecule has 2 rings (SSSR count). The minimum absolute atomic E-state index is 0.424. The molecule has 2 heterocycles. The van der Waals surface area contributed by atoms with Gasteiger partial charge in [0.05, 0.1) is 0 Å². The SMILES string of the molecule is C[C@@H]1CCCN(S(=O)(=O)NCCCn2cncn2)C1. The zero-order valence-electron chi connectivity index (χ0n) is 11.2. The summed E-state index contributed by atoms with van der Waals surface area (Å²) < 4.78 is 30.0. The molecule has 1 aromatic rings. The lowest BCUT2D eigenvalue weighted by molar-refractivity contribution is 0.278. The Balaban J connectivity index is 1.74. The van der Waals surface area contributed by atoms with Crippen molar-refractivity contribution in [3.8, 4) is 0 Å². The smallest absolute Gasteiger partial charge is 0.253 e. The first-order chi connectivity index (χ1) is 9.08. The van der Waals surface area contributed by atoms with Crippen molar-refractivity contribution in [2.45, 2.75) is 32.7 Å². The van der Waals surface area contributed by atoms with E-state index in [-0.39, 0.29) is 0 Å². The highest BCUT2D eigenvalue weighted by Gasteiger charge is 2.26. The fourth-order valence-corrected chi connectivity index (χ4v) is 3.65. The summed E-state index contributed by atoms with van der Waals surface area (Å²) in [5.41, 5.74) is 0. The Labute approximate surface area is 114 Å². The van der Waals surface area contributed by atoms with E-state index in [1.165, 1.54) is 6.33 Å². The van der Waals surface area contributed by atoms with Crippen LogP contribution >= 0.6 is 0 Å². The van der Waals surface area contributed by atoms with Gasteiger partial charge in [-0.25, -0.2) is 9.71 Å². The second kappa shape index (κ2) is 6.44. The van der Waals surface area contributed by atoms with E-state index in [1.54, 1.807) is 15.3 Å². The molecule has 0 amide bonds. The Hall–Kier alpha value is -0.990. The predicted molar refractivity (Wildman–Crippen MR) is 71.5 cm³/mol. The number of aryl methyl sites for hydroxylation is 1. The van der Waals surface area contributed by atoms with Crippen molar-refractivity contribution in [1.29, 1.82) is 0 Å². The monoisotopic (exact) mass is 287 g/mol. The minimum Gasteiger partial charge on any atom is -0.253 e. The van der Waals surface area contributed by atoms with Gasteiger partial charge in [-0.15, -0.1) is 0 Å². The van der Waals surface area contributed by atoms with Crippen molar-refractivity contribution in [3.63, 3.8) is 0 Å². The summed E-state index contributed by atoms with van der Waals surface area (Å²) in [5.74, 6) is 0.445. The maximum atomic E-state index is 12.1. The van der Waals surface area contributed by atoms with Crippen LogP contribution in [0.3, 0.4) is 0 Å². The first-order valence-electron chi connectivity index (χ1n) is 6.65. The van der Waals surface area contributed by atoms with Gasteiger partial charge in [0.25, 0.3) is 10.2 Å². The first kappa shape index (κ1) is 14.4. The lowest BCUT2D eigenvalue weighted by Gasteiger charge is -2.29. The summed E-state index contributed by atoms with van der Waals surface area (Å²) >= 11 is 0. The van der Waals surface area contributed by atoms with Crippen LogP contribution in [0.25, 0.3) is 0 Å². The summed E-state index contributed by atoms with van der Waals surface area (Å²) in [6, 6.07) is 0. The van der Waals surface area contributed by atoms with Crippen LogP contribution in [0.15, 0.2) is 12.7 Å². The molecule has 0 unspecified atom stereocenters. The number of piperidine rings is 1. The Morgan fingerprint density at radius 2 is 2.32 bits per heavy atom. The number of nitrogens with one attached hydrogen (secondary N) is 1. The van der Waals surface area contributed by atoms with Gasteiger partial charge < -0.3 is 0 Å². The molecule has 1 saturated heterocycles. The van der Waals surface area contributed by atoms with Crippen molar-refractivity contribution in [1.82, 2.24) is 23.8 Å². The van der Waals surface area contributed by atoms with Gasteiger partial charge in [0.2, 0.25) is 0 Å². The second-order valence-electron chi connectivity index (χ2n) is 5.02. The predicted octanol–water partition coefficient (Wildman–Crippen LogP) is 0.235. The summed E-state index contributed by atoms with van der Waals surface area (Å²) in [4.78, 5) is 3.84. The number of hydrogen-bond donors (Lipinski definition) is 1. The van der Waals surface area contributed by atoms with Gasteiger partial charge in [-0.3, -0.25) is 4.68 Å². The van der Waals surface area contributed by atoms with Gasteiger partial charge in [-0.2, -0.15) is 17.8 Å². The molecule has 0 spiro atoms. The summed E-state index contributed by atoms with van der Waals surface area (Å²) in [7, 11) is -3.32. The third kappa shape index (κ3) is 4.26. The Morgan fingerprint density at radius 1 is 1.47 bits per heavy atom. The molecule has 7 nitrogen and oxygen atoms in total. The zero-order valence-corrected chi connectivity index (χ0v) is 12.0. The average molecular weight is 287 g/mol. The van der Waals surface area contributed by atoms with Crippen LogP contribution in [0.4, 0.5) is 0 Å². The normalized spacial score (nSPS) is 21.6. The van der Waals surface area contributed by atoms with Crippen LogP contribution in [0.5, 0.6) is 0 Å². The van der Waals surface area contributed by atoms with Crippen molar-refractivity contribution in [2.24, 2.45) is 5.92 Å². The van der Waals surface area contributed by atoms with Crippen LogP contribution < -0.4 is 4.72 Å². The van der Waals surface area contributed by atoms with E-state index >= 15 is 0 Å². The second-order valence-corrected chi connectivity index (χ2v) is 6.77. The summed E-state index contributed by atoms with van der Waals surface area (Å²) in [6.45, 7) is 4.43. The molecule has 0 radical (unpaired) electrons. The molecule has 8 heteroatoms. The largest absolute Gasteiger partial charge is 0.279 e. The Morgan fingerprint density at radius 3 is 3.00 bits per heavy atom. The van der Waals surface area contributed by atoms with Gasteiger partial charge >= 0.3 is 0 Å². The number of nitrogens with zero attached hydrogens (tertiary/aromatic N) is 4. The lowest BCUT2D eigenvalue weighted by atomic mass is 10.0. The molecule has 1 aliphatic heterocycles. The topological polar surface area (TPSA) is 80.1 Å². The minimum atomic E-state index is -3.32. The van der Waals surface area contributed by atoms with E-state index < -0.39 is 10.2 Å². The van der Waals surface area contributed by atoms with Crippen LogP contribution in [0.2, 0.25) is 0 Å². The summed E-state index contributed by atoms with van der Waals surface area (Å²) in [6.07, 6.45) is 5.85. The van der Waals surface area contributed by atoms with E-state index in [4.69, 9.17) is 0 Å². The molecular formula is C11H21N5O2S. The van der Waals surface area contributed by atoms with Gasteiger partial charge in [-0.05, 0) is 25.2 Å². The van der Waals surface area contributed by atoms with E-state index in [9.17, 15) is 8.42 Å². The molecule has 19 heavy (non-hydrogen) atoms. The van der Waals surface area contributed by atoms with E-state index in [2.05, 4.69) is 21.7 Å². The highest BCUT2D eigenvalue weighted by molar-refractivity contribution is 7.87. The van der Waals surface area contributed by atoms with Gasteiger partial charge in [0, 0.05) is 26.2 Å². The molecule has 0 aromatic carbocycles. The van der Waals surface area contributed by atoms with Gasteiger partial charge in [0.15, 0.2) is 0 Å². The highest BCUT2D eigenvalue weighted by Crippen LogP contribution is 2.17. The maximum absolute atomic E-state index is 12.1. The Kier molecular flexibility index (Phi) is 4.89. The number of aromatic nitrogens is 3. The molecular weight excluding hydrogens is 266 g/mol. The van der Waals surface area contributed by atoms with Crippen molar-refractivity contribution < 1.29 is 8.42 Å². The molecule has 0 bridgehead atoms. The standard InChI is InChI=1S/C11H21N5O2S/c1-11-4-2-7-16(8-11)19(17,18)14-5-3-6-15-10-12-9-13-15/h9-11,14H,2-8H2,1H3/t11-/m1/s1. The number of hydrogen-bond acceptors (Lipinski definition) is 4. The molecule has 1 aromatic heterocycles.